The van der Waals surface area contributed by atoms with Gasteiger partial charge < -0.3 is 10.1 Å². The maximum atomic E-state index is 12.3. The highest BCUT2D eigenvalue weighted by Gasteiger charge is 2.41. The standard InChI is InChI=1S/C19H19N5O2/c1-26-17-10-6-5-9-14(17)15-11-16(15)20-18(25)12-24-22-19(21-23-24)13-7-3-2-4-8-13/h2-10,15-16H,11-12H2,1H3,(H,20,25)/t15-,16+/m0/s1. The molecule has 1 N–H and O–H groups in total. The molecular weight excluding hydrogens is 330 g/mol. The van der Waals surface area contributed by atoms with E-state index in [-0.39, 0.29) is 18.5 Å². The zero-order chi connectivity index (χ0) is 17.9. The molecule has 3 aromatic rings. The Morgan fingerprint density at radius 2 is 1.96 bits per heavy atom. The van der Waals surface area contributed by atoms with E-state index < -0.39 is 0 Å². The number of carbonyl (C=O) groups excluding carboxylic acids is 1. The number of amides is 1. The zero-order valence-electron chi connectivity index (χ0n) is 14.4. The lowest BCUT2D eigenvalue weighted by atomic mass is 10.1. The maximum Gasteiger partial charge on any atom is 0.243 e. The summed E-state index contributed by atoms with van der Waals surface area (Å²) in [7, 11) is 1.66. The normalized spacial score (nSPS) is 18.3. The van der Waals surface area contributed by atoms with Gasteiger partial charge in [-0.25, -0.2) is 0 Å². The van der Waals surface area contributed by atoms with Gasteiger partial charge in [-0.2, -0.15) is 4.80 Å². The van der Waals surface area contributed by atoms with Gasteiger partial charge in [0.15, 0.2) is 0 Å². The molecule has 1 saturated carbocycles. The van der Waals surface area contributed by atoms with Gasteiger partial charge in [0.2, 0.25) is 11.7 Å². The third kappa shape index (κ3) is 3.42. The van der Waals surface area contributed by atoms with Crippen molar-refractivity contribution >= 4 is 5.91 Å². The first-order valence-corrected chi connectivity index (χ1v) is 8.50. The van der Waals surface area contributed by atoms with E-state index in [0.717, 1.165) is 23.3 Å². The third-order valence-electron chi connectivity index (χ3n) is 4.45. The van der Waals surface area contributed by atoms with Crippen LogP contribution in [0.2, 0.25) is 0 Å². The van der Waals surface area contributed by atoms with Crippen LogP contribution in [-0.4, -0.2) is 39.3 Å². The Bertz CT molecular complexity index is 909. The number of ether oxygens (including phenoxy) is 1. The molecule has 0 aliphatic heterocycles. The second-order valence-corrected chi connectivity index (χ2v) is 6.27. The molecule has 132 valence electrons. The fourth-order valence-electron chi connectivity index (χ4n) is 3.06. The van der Waals surface area contributed by atoms with E-state index in [1.165, 1.54) is 4.80 Å². The smallest absolute Gasteiger partial charge is 0.243 e. The molecule has 4 rings (SSSR count). The summed E-state index contributed by atoms with van der Waals surface area (Å²) >= 11 is 0. The van der Waals surface area contributed by atoms with Gasteiger partial charge in [-0.15, -0.1) is 10.2 Å². The lowest BCUT2D eigenvalue weighted by Gasteiger charge is -2.08. The number of nitrogens with one attached hydrogen (secondary N) is 1. The highest BCUT2D eigenvalue weighted by atomic mass is 16.5. The SMILES string of the molecule is COc1ccccc1[C@@H]1C[C@H]1NC(=O)Cn1nnc(-c2ccccc2)n1. The molecule has 7 nitrogen and oxygen atoms in total. The number of tetrazole rings is 1. The van der Waals surface area contributed by atoms with Crippen molar-refractivity contribution in [1.82, 2.24) is 25.5 Å². The minimum absolute atomic E-state index is 0.0506. The van der Waals surface area contributed by atoms with Crippen LogP contribution in [0.3, 0.4) is 0 Å². The molecule has 0 bridgehead atoms. The van der Waals surface area contributed by atoms with Crippen LogP contribution in [-0.2, 0) is 11.3 Å². The van der Waals surface area contributed by atoms with E-state index in [2.05, 4.69) is 20.7 Å². The van der Waals surface area contributed by atoms with Crippen LogP contribution >= 0.6 is 0 Å². The fourth-order valence-corrected chi connectivity index (χ4v) is 3.06. The highest BCUT2D eigenvalue weighted by molar-refractivity contribution is 5.76. The average molecular weight is 349 g/mol. The monoisotopic (exact) mass is 349 g/mol. The van der Waals surface area contributed by atoms with Crippen LogP contribution < -0.4 is 10.1 Å². The molecule has 0 saturated heterocycles. The third-order valence-corrected chi connectivity index (χ3v) is 4.45. The van der Waals surface area contributed by atoms with Crippen molar-refractivity contribution in [3.63, 3.8) is 0 Å². The van der Waals surface area contributed by atoms with Gasteiger partial charge in [0.05, 0.1) is 7.11 Å². The Balaban J connectivity index is 1.35. The number of hydrogen-bond donors (Lipinski definition) is 1. The lowest BCUT2D eigenvalue weighted by molar-refractivity contribution is -0.122. The Morgan fingerprint density at radius 1 is 1.19 bits per heavy atom. The maximum absolute atomic E-state index is 12.3. The van der Waals surface area contributed by atoms with Crippen molar-refractivity contribution in [3.8, 4) is 17.1 Å². The number of para-hydroxylation sites is 1. The van der Waals surface area contributed by atoms with E-state index in [1.807, 2.05) is 54.6 Å². The minimum Gasteiger partial charge on any atom is -0.496 e. The molecular formula is C19H19N5O2. The number of methoxy groups -OCH3 is 1. The largest absolute Gasteiger partial charge is 0.496 e. The van der Waals surface area contributed by atoms with Crippen LogP contribution in [0.15, 0.2) is 54.6 Å². The molecule has 1 amide bonds. The van der Waals surface area contributed by atoms with Crippen molar-refractivity contribution in [3.05, 3.63) is 60.2 Å². The van der Waals surface area contributed by atoms with Crippen molar-refractivity contribution in [2.75, 3.05) is 7.11 Å². The number of benzene rings is 2. The number of carbonyl (C=O) groups is 1. The van der Waals surface area contributed by atoms with Gasteiger partial charge in [0.1, 0.15) is 12.3 Å². The number of aromatic nitrogens is 4. The Morgan fingerprint density at radius 3 is 2.77 bits per heavy atom. The Hall–Kier alpha value is -3.22. The number of rotatable bonds is 6. The molecule has 2 atom stereocenters. The topological polar surface area (TPSA) is 81.9 Å². The van der Waals surface area contributed by atoms with E-state index >= 15 is 0 Å². The molecule has 1 aliphatic rings. The van der Waals surface area contributed by atoms with Crippen LogP contribution in [0.1, 0.15) is 17.9 Å². The summed E-state index contributed by atoms with van der Waals surface area (Å²) in [6.07, 6.45) is 0.909. The quantitative estimate of drug-likeness (QED) is 0.736. The minimum atomic E-state index is -0.121. The lowest BCUT2D eigenvalue weighted by Crippen LogP contribution is -2.31. The van der Waals surface area contributed by atoms with Crippen LogP contribution in [0.5, 0.6) is 5.75 Å². The second-order valence-electron chi connectivity index (χ2n) is 6.27. The average Bonchev–Trinajstić information content (AvgIpc) is 3.27. The van der Waals surface area contributed by atoms with E-state index in [1.54, 1.807) is 7.11 Å². The first-order valence-electron chi connectivity index (χ1n) is 8.50. The van der Waals surface area contributed by atoms with Crippen molar-refractivity contribution in [1.29, 1.82) is 0 Å². The highest BCUT2D eigenvalue weighted by Crippen LogP contribution is 2.44. The molecule has 1 aromatic heterocycles. The molecule has 0 unspecified atom stereocenters. The van der Waals surface area contributed by atoms with E-state index in [4.69, 9.17) is 4.74 Å². The van der Waals surface area contributed by atoms with Gasteiger partial charge in [-0.1, -0.05) is 48.5 Å². The molecule has 26 heavy (non-hydrogen) atoms. The summed E-state index contributed by atoms with van der Waals surface area (Å²) < 4.78 is 5.40. The second kappa shape index (κ2) is 6.95. The zero-order valence-corrected chi connectivity index (χ0v) is 14.4. The van der Waals surface area contributed by atoms with Gasteiger partial charge >= 0.3 is 0 Å². The molecule has 7 heteroatoms. The molecule has 0 spiro atoms. The molecule has 0 radical (unpaired) electrons. The van der Waals surface area contributed by atoms with Crippen molar-refractivity contribution in [2.24, 2.45) is 0 Å². The van der Waals surface area contributed by atoms with Crippen LogP contribution in [0, 0.1) is 0 Å². The molecule has 1 heterocycles. The van der Waals surface area contributed by atoms with E-state index in [0.29, 0.717) is 11.7 Å². The summed E-state index contributed by atoms with van der Waals surface area (Å²) in [5.74, 6) is 1.54. The van der Waals surface area contributed by atoms with Gasteiger partial charge in [0, 0.05) is 17.5 Å². The van der Waals surface area contributed by atoms with Crippen LogP contribution in [0.4, 0.5) is 0 Å². The van der Waals surface area contributed by atoms with E-state index in [9.17, 15) is 4.79 Å². The summed E-state index contributed by atoms with van der Waals surface area (Å²) in [6.45, 7) is 0.0506. The van der Waals surface area contributed by atoms with Gasteiger partial charge in [-0.05, 0) is 23.3 Å². The summed E-state index contributed by atoms with van der Waals surface area (Å²) in [6, 6.07) is 17.6. The van der Waals surface area contributed by atoms with Crippen LogP contribution in [0.25, 0.3) is 11.4 Å². The van der Waals surface area contributed by atoms with Gasteiger partial charge in [0.25, 0.3) is 0 Å². The predicted octanol–water partition coefficient (Wildman–Crippen LogP) is 2.02. The summed E-state index contributed by atoms with van der Waals surface area (Å²) in [5, 5.41) is 15.3. The fraction of sp³-hybridized carbons (Fsp3) is 0.263. The first kappa shape index (κ1) is 16.3. The number of hydrogen-bond acceptors (Lipinski definition) is 5. The van der Waals surface area contributed by atoms with Gasteiger partial charge in [-0.3, -0.25) is 4.79 Å². The summed E-state index contributed by atoms with van der Waals surface area (Å²) in [4.78, 5) is 13.6. The predicted molar refractivity (Wildman–Crippen MR) is 95.5 cm³/mol. The first-order chi connectivity index (χ1) is 12.7. The summed E-state index contributed by atoms with van der Waals surface area (Å²) in [5.41, 5.74) is 2.00. The molecule has 1 aliphatic carbocycles. The van der Waals surface area contributed by atoms with Crippen molar-refractivity contribution in [2.45, 2.75) is 24.9 Å². The Kier molecular flexibility index (Phi) is 4.35. The molecule has 2 aromatic carbocycles. The van der Waals surface area contributed by atoms with Crippen molar-refractivity contribution < 1.29 is 9.53 Å². The molecule has 1 fully saturated rings. The Labute approximate surface area is 151 Å². The number of nitrogens with zero attached hydrogens (tertiary/aromatic N) is 4.